The molecule has 0 unspecified atom stereocenters. The van der Waals surface area contributed by atoms with Gasteiger partial charge in [0.05, 0.1) is 0 Å². The van der Waals surface area contributed by atoms with E-state index in [1.165, 1.54) is 0 Å². The van der Waals surface area contributed by atoms with Crippen molar-refractivity contribution in [3.63, 3.8) is 0 Å². The zero-order valence-electron chi connectivity index (χ0n) is 20.0. The maximum Gasteiger partial charge on any atom is 0.303 e. The van der Waals surface area contributed by atoms with Crippen molar-refractivity contribution in [2.45, 2.75) is 38.3 Å². The number of rotatable bonds is 11. The van der Waals surface area contributed by atoms with E-state index in [2.05, 4.69) is 21.4 Å². The molecule has 184 valence electrons. The number of unbranched alkanes of at least 4 members (excludes halogenated alkanes) is 2. The Morgan fingerprint density at radius 1 is 1.00 bits per heavy atom. The molecule has 0 spiro atoms. The molecule has 1 aliphatic heterocycles. The van der Waals surface area contributed by atoms with Crippen LogP contribution in [0.4, 0.5) is 0 Å². The minimum Gasteiger partial charge on any atom is -0.481 e. The smallest absolute Gasteiger partial charge is 0.303 e. The molecule has 0 saturated carbocycles. The number of amides is 1. The van der Waals surface area contributed by atoms with Crippen molar-refractivity contribution in [2.24, 2.45) is 4.99 Å². The van der Waals surface area contributed by atoms with Crippen molar-refractivity contribution < 1.29 is 19.4 Å². The van der Waals surface area contributed by atoms with Gasteiger partial charge in [0, 0.05) is 36.5 Å². The SMILES string of the molecule is O=C(O)CCCC/C=C(\c1ccc(C2=N[C@H](C(=O)NCc3ccccc3)CO2)cc1)c1cccnc1. The van der Waals surface area contributed by atoms with Crippen molar-refractivity contribution in [2.75, 3.05) is 6.61 Å². The molecular formula is C29H29N3O4. The van der Waals surface area contributed by atoms with Crippen molar-refractivity contribution >= 4 is 23.3 Å². The number of ether oxygens (including phenoxy) is 1. The number of carbonyl (C=O) groups is 2. The van der Waals surface area contributed by atoms with Gasteiger partial charge in [0.15, 0.2) is 6.04 Å². The lowest BCUT2D eigenvalue weighted by Crippen LogP contribution is -2.33. The molecule has 1 aliphatic rings. The predicted octanol–water partition coefficient (Wildman–Crippen LogP) is 4.62. The van der Waals surface area contributed by atoms with Gasteiger partial charge >= 0.3 is 5.97 Å². The van der Waals surface area contributed by atoms with Gasteiger partial charge in [-0.3, -0.25) is 14.6 Å². The number of carboxylic acid groups (broad SMARTS) is 1. The largest absolute Gasteiger partial charge is 0.481 e. The minimum atomic E-state index is -0.769. The fourth-order valence-electron chi connectivity index (χ4n) is 3.95. The van der Waals surface area contributed by atoms with Gasteiger partial charge in [0.25, 0.3) is 0 Å². The van der Waals surface area contributed by atoms with Crippen LogP contribution < -0.4 is 5.32 Å². The molecule has 7 nitrogen and oxygen atoms in total. The third-order valence-electron chi connectivity index (χ3n) is 5.87. The summed E-state index contributed by atoms with van der Waals surface area (Å²) < 4.78 is 5.74. The van der Waals surface area contributed by atoms with E-state index in [1.54, 1.807) is 6.20 Å². The molecule has 0 radical (unpaired) electrons. The Bertz CT molecular complexity index is 1220. The third-order valence-corrected chi connectivity index (χ3v) is 5.87. The van der Waals surface area contributed by atoms with Crippen molar-refractivity contribution in [1.29, 1.82) is 0 Å². The van der Waals surface area contributed by atoms with E-state index in [0.717, 1.165) is 40.7 Å². The number of nitrogens with zero attached hydrogens (tertiary/aromatic N) is 2. The summed E-state index contributed by atoms with van der Waals surface area (Å²) in [6, 6.07) is 21.0. The van der Waals surface area contributed by atoms with E-state index in [-0.39, 0.29) is 18.9 Å². The van der Waals surface area contributed by atoms with E-state index in [9.17, 15) is 9.59 Å². The Balaban J connectivity index is 1.42. The Kier molecular flexibility index (Phi) is 8.59. The Hall–Kier alpha value is -4.26. The molecule has 36 heavy (non-hydrogen) atoms. The van der Waals surface area contributed by atoms with Crippen LogP contribution in [0, 0.1) is 0 Å². The second-order valence-corrected chi connectivity index (χ2v) is 8.54. The number of aliphatic carboxylic acids is 1. The van der Waals surface area contributed by atoms with Gasteiger partial charge < -0.3 is 15.2 Å². The number of carboxylic acids is 1. The zero-order chi connectivity index (χ0) is 25.2. The summed E-state index contributed by atoms with van der Waals surface area (Å²) in [4.78, 5) is 32.0. The van der Waals surface area contributed by atoms with Gasteiger partial charge in [-0.05, 0) is 54.2 Å². The van der Waals surface area contributed by atoms with Gasteiger partial charge in [-0.25, -0.2) is 4.99 Å². The molecule has 1 aromatic heterocycles. The van der Waals surface area contributed by atoms with Crippen LogP contribution in [0.15, 0.2) is 90.2 Å². The maximum atomic E-state index is 12.5. The molecule has 1 atom stereocenters. The molecule has 4 rings (SSSR count). The first kappa shape index (κ1) is 24.9. The highest BCUT2D eigenvalue weighted by atomic mass is 16.5. The van der Waals surface area contributed by atoms with Crippen LogP contribution in [0.25, 0.3) is 5.57 Å². The molecule has 0 saturated heterocycles. The molecule has 0 aliphatic carbocycles. The molecule has 2 aromatic carbocycles. The minimum absolute atomic E-state index is 0.157. The lowest BCUT2D eigenvalue weighted by molar-refractivity contribution is -0.137. The second-order valence-electron chi connectivity index (χ2n) is 8.54. The summed E-state index contributed by atoms with van der Waals surface area (Å²) in [5, 5.41) is 11.8. The van der Waals surface area contributed by atoms with Gasteiger partial charge in [-0.1, -0.05) is 54.6 Å². The summed E-state index contributed by atoms with van der Waals surface area (Å²) in [7, 11) is 0. The van der Waals surface area contributed by atoms with Gasteiger partial charge in [0.2, 0.25) is 11.8 Å². The van der Waals surface area contributed by atoms with Crippen molar-refractivity contribution in [3.05, 3.63) is 107 Å². The average molecular weight is 484 g/mol. The Morgan fingerprint density at radius 2 is 1.81 bits per heavy atom. The number of aliphatic imine (C=N–C) groups is 1. The fourth-order valence-corrected chi connectivity index (χ4v) is 3.95. The number of hydrogen-bond donors (Lipinski definition) is 2. The molecule has 7 heteroatoms. The van der Waals surface area contributed by atoms with E-state index >= 15 is 0 Å². The Labute approximate surface area is 210 Å². The number of carbonyl (C=O) groups excluding carboxylic acids is 1. The molecule has 3 aromatic rings. The highest BCUT2D eigenvalue weighted by Gasteiger charge is 2.26. The van der Waals surface area contributed by atoms with Crippen LogP contribution in [-0.2, 0) is 20.9 Å². The molecule has 2 heterocycles. The summed E-state index contributed by atoms with van der Waals surface area (Å²) in [5.74, 6) is -0.466. The van der Waals surface area contributed by atoms with Gasteiger partial charge in [-0.2, -0.15) is 0 Å². The number of hydrogen-bond acceptors (Lipinski definition) is 5. The summed E-state index contributed by atoms with van der Waals surface area (Å²) in [6.45, 7) is 0.671. The fraction of sp³-hybridized carbons (Fsp3) is 0.241. The molecule has 1 amide bonds. The van der Waals surface area contributed by atoms with Crippen molar-refractivity contribution in [1.82, 2.24) is 10.3 Å². The van der Waals surface area contributed by atoms with Crippen LogP contribution in [0.1, 0.15) is 47.9 Å². The predicted molar refractivity (Wildman–Crippen MR) is 138 cm³/mol. The first-order valence-corrected chi connectivity index (χ1v) is 12.1. The molecule has 0 fully saturated rings. The maximum absolute atomic E-state index is 12.5. The quantitative estimate of drug-likeness (QED) is 0.388. The highest BCUT2D eigenvalue weighted by molar-refractivity contribution is 5.98. The van der Waals surface area contributed by atoms with E-state index in [0.29, 0.717) is 18.9 Å². The van der Waals surface area contributed by atoms with Crippen LogP contribution in [0.3, 0.4) is 0 Å². The third kappa shape index (κ3) is 6.88. The first-order valence-electron chi connectivity index (χ1n) is 12.1. The second kappa shape index (κ2) is 12.4. The van der Waals surface area contributed by atoms with Crippen molar-refractivity contribution in [3.8, 4) is 0 Å². The molecule has 2 N–H and O–H groups in total. The first-order chi connectivity index (χ1) is 17.6. The molecule has 0 bridgehead atoms. The monoisotopic (exact) mass is 483 g/mol. The summed E-state index contributed by atoms with van der Waals surface area (Å²) in [5.41, 5.74) is 4.89. The average Bonchev–Trinajstić information content (AvgIpc) is 3.41. The summed E-state index contributed by atoms with van der Waals surface area (Å²) >= 11 is 0. The summed E-state index contributed by atoms with van der Waals surface area (Å²) in [6.07, 6.45) is 8.07. The Morgan fingerprint density at radius 3 is 2.53 bits per heavy atom. The van der Waals surface area contributed by atoms with Gasteiger partial charge in [-0.15, -0.1) is 0 Å². The lowest BCUT2D eigenvalue weighted by atomic mass is 9.96. The van der Waals surface area contributed by atoms with E-state index in [1.807, 2.05) is 72.9 Å². The normalized spacial score (nSPS) is 15.2. The van der Waals surface area contributed by atoms with E-state index < -0.39 is 12.0 Å². The zero-order valence-corrected chi connectivity index (χ0v) is 20.0. The highest BCUT2D eigenvalue weighted by Crippen LogP contribution is 2.25. The van der Waals surface area contributed by atoms with Gasteiger partial charge in [0.1, 0.15) is 6.61 Å². The van der Waals surface area contributed by atoms with Crippen LogP contribution in [0.2, 0.25) is 0 Å². The number of pyridine rings is 1. The number of benzene rings is 2. The van der Waals surface area contributed by atoms with Crippen LogP contribution in [0.5, 0.6) is 0 Å². The van der Waals surface area contributed by atoms with E-state index in [4.69, 9.17) is 9.84 Å². The topological polar surface area (TPSA) is 101 Å². The van der Waals surface area contributed by atoms with Crippen LogP contribution >= 0.6 is 0 Å². The number of aromatic nitrogens is 1. The molecular weight excluding hydrogens is 454 g/mol. The van der Waals surface area contributed by atoms with Crippen LogP contribution in [-0.4, -0.2) is 40.5 Å². The lowest BCUT2D eigenvalue weighted by Gasteiger charge is -2.10. The number of allylic oxidation sites excluding steroid dienone is 1. The standard InChI is InChI=1S/C29H29N3O4/c33-27(34)12-6-2-5-11-25(24-10-7-17-30-19-24)22-13-15-23(16-14-22)29-32-26(20-36-29)28(35)31-18-21-8-3-1-4-9-21/h1,3-4,7-11,13-17,19,26H,2,5-6,12,18,20H2,(H,31,35)(H,33,34)/b25-11+/t26-/m0/s1. The number of nitrogens with one attached hydrogen (secondary N) is 1.